The van der Waals surface area contributed by atoms with Gasteiger partial charge in [-0.15, -0.1) is 0 Å². The third-order valence-corrected chi connectivity index (χ3v) is 6.63. The number of allylic oxidation sites excluding steroid dienone is 1. The topological polar surface area (TPSA) is 115 Å². The number of methoxy groups -OCH3 is 2. The van der Waals surface area contributed by atoms with Crippen LogP contribution in [0.4, 0.5) is 10.1 Å². The molecule has 2 aromatic carbocycles. The highest BCUT2D eigenvalue weighted by molar-refractivity contribution is 6.06. The number of anilines is 1. The largest absolute Gasteiger partial charge is 0.487 e. The summed E-state index contributed by atoms with van der Waals surface area (Å²) in [5.74, 6) is -3.47. The maximum absolute atomic E-state index is 15.2. The zero-order chi connectivity index (χ0) is 26.5. The fourth-order valence-corrected chi connectivity index (χ4v) is 4.87. The van der Waals surface area contributed by atoms with E-state index in [0.717, 1.165) is 50.2 Å². The lowest BCUT2D eigenvalue weighted by molar-refractivity contribution is -0.139. The molecule has 0 radical (unpaired) electrons. The number of hydrogen-bond donors (Lipinski definition) is 1. The summed E-state index contributed by atoms with van der Waals surface area (Å²) in [5, 5.41) is 10.1. The summed E-state index contributed by atoms with van der Waals surface area (Å²) in [6.45, 7) is 0. The third kappa shape index (κ3) is 5.00. The van der Waals surface area contributed by atoms with Crippen LogP contribution in [0, 0.1) is 17.1 Å². The van der Waals surface area contributed by atoms with E-state index in [2.05, 4.69) is 6.07 Å². The van der Waals surface area contributed by atoms with E-state index in [0.29, 0.717) is 5.56 Å². The van der Waals surface area contributed by atoms with Gasteiger partial charge in [0.15, 0.2) is 11.6 Å². The zero-order valence-electron chi connectivity index (χ0n) is 20.7. The van der Waals surface area contributed by atoms with Gasteiger partial charge in [0.1, 0.15) is 11.5 Å². The van der Waals surface area contributed by atoms with E-state index in [1.165, 1.54) is 19.2 Å². The van der Waals surface area contributed by atoms with Gasteiger partial charge in [-0.05, 0) is 43.4 Å². The lowest BCUT2D eigenvalue weighted by atomic mass is 9.81. The quantitative estimate of drug-likeness (QED) is 0.573. The van der Waals surface area contributed by atoms with Gasteiger partial charge in [0.05, 0.1) is 49.1 Å². The summed E-state index contributed by atoms with van der Waals surface area (Å²) in [6.07, 6.45) is 4.84. The van der Waals surface area contributed by atoms with Crippen molar-refractivity contribution in [1.29, 1.82) is 5.26 Å². The molecular weight excluding hydrogens is 477 g/mol. The van der Waals surface area contributed by atoms with Crippen LogP contribution in [0.25, 0.3) is 0 Å². The molecule has 9 heteroatoms. The van der Waals surface area contributed by atoms with Crippen molar-refractivity contribution in [1.82, 2.24) is 0 Å². The Bertz CT molecular complexity index is 1290. The van der Waals surface area contributed by atoms with Crippen molar-refractivity contribution in [2.75, 3.05) is 19.1 Å². The summed E-state index contributed by atoms with van der Waals surface area (Å²) in [4.78, 5) is 27.3. The maximum Gasteiger partial charge on any atom is 0.355 e. The molecule has 1 atom stereocenters. The minimum absolute atomic E-state index is 0.00203. The molecule has 2 aliphatic rings. The molecule has 0 bridgehead atoms. The number of carbonyl (C=O) groups is 2. The van der Waals surface area contributed by atoms with Crippen LogP contribution in [0.5, 0.6) is 5.75 Å². The number of nitrogens with zero attached hydrogens (tertiary/aromatic N) is 2. The highest BCUT2D eigenvalue weighted by Crippen LogP contribution is 2.43. The number of benzene rings is 2. The molecule has 1 aliphatic carbocycles. The zero-order valence-corrected chi connectivity index (χ0v) is 20.7. The Kier molecular flexibility index (Phi) is 7.77. The molecule has 4 rings (SSSR count). The summed E-state index contributed by atoms with van der Waals surface area (Å²) in [7, 11) is 2.32. The van der Waals surface area contributed by atoms with Crippen molar-refractivity contribution >= 4 is 17.6 Å². The van der Waals surface area contributed by atoms with Crippen LogP contribution in [0.15, 0.2) is 71.2 Å². The number of halogens is 1. The summed E-state index contributed by atoms with van der Waals surface area (Å²) < 4.78 is 31.1. The number of nitriles is 1. The standard InChI is InChI=1S/C28H28FN3O5/c1-35-27(33)24-23(17-9-5-3-6-10-17)20(16-30)26(31)32(25(24)28(34)36-2)18-13-14-22(21(29)15-18)37-19-11-7-4-8-12-19/h3,5-6,9-10,13-15,19,23H,4,7-8,11-12,31H2,1-2H3. The second kappa shape index (κ2) is 11.2. The molecular formula is C28H28FN3O5. The number of carbonyl (C=O) groups excluding carboxylic acids is 2. The predicted molar refractivity (Wildman–Crippen MR) is 133 cm³/mol. The lowest BCUT2D eigenvalue weighted by Gasteiger charge is -2.36. The predicted octanol–water partition coefficient (Wildman–Crippen LogP) is 4.43. The van der Waals surface area contributed by atoms with Crippen molar-refractivity contribution in [2.24, 2.45) is 5.73 Å². The molecule has 1 heterocycles. The molecule has 2 N–H and O–H groups in total. The van der Waals surface area contributed by atoms with Gasteiger partial charge in [-0.1, -0.05) is 36.8 Å². The molecule has 1 aliphatic heterocycles. The Balaban J connectivity index is 1.87. The van der Waals surface area contributed by atoms with E-state index in [1.807, 2.05) is 0 Å². The first-order valence-corrected chi connectivity index (χ1v) is 12.0. The first kappa shape index (κ1) is 25.8. The molecule has 0 aromatic heterocycles. The number of hydrogen-bond acceptors (Lipinski definition) is 8. The molecule has 2 aromatic rings. The first-order valence-electron chi connectivity index (χ1n) is 12.0. The van der Waals surface area contributed by atoms with E-state index >= 15 is 4.39 Å². The van der Waals surface area contributed by atoms with Crippen LogP contribution in [0.3, 0.4) is 0 Å². The molecule has 37 heavy (non-hydrogen) atoms. The number of nitrogens with two attached hydrogens (primary N) is 1. The van der Waals surface area contributed by atoms with E-state index in [4.69, 9.17) is 19.9 Å². The Morgan fingerprint density at radius 2 is 1.70 bits per heavy atom. The smallest absolute Gasteiger partial charge is 0.355 e. The second-order valence-electron chi connectivity index (χ2n) is 8.83. The Morgan fingerprint density at radius 1 is 1.03 bits per heavy atom. The van der Waals surface area contributed by atoms with Crippen LogP contribution in [0.1, 0.15) is 43.6 Å². The van der Waals surface area contributed by atoms with Crippen LogP contribution in [0.2, 0.25) is 0 Å². The van der Waals surface area contributed by atoms with Gasteiger partial charge in [0, 0.05) is 6.07 Å². The van der Waals surface area contributed by atoms with Gasteiger partial charge in [-0.3, -0.25) is 4.90 Å². The fraction of sp³-hybridized carbons (Fsp3) is 0.321. The van der Waals surface area contributed by atoms with Gasteiger partial charge in [0.25, 0.3) is 0 Å². The number of ether oxygens (including phenoxy) is 3. The molecule has 0 amide bonds. The Labute approximate surface area is 214 Å². The molecule has 0 spiro atoms. The Morgan fingerprint density at radius 3 is 2.30 bits per heavy atom. The number of rotatable bonds is 6. The van der Waals surface area contributed by atoms with Crippen molar-refractivity contribution in [3.05, 3.63) is 82.6 Å². The van der Waals surface area contributed by atoms with Gasteiger partial charge >= 0.3 is 11.9 Å². The van der Waals surface area contributed by atoms with Gasteiger partial charge < -0.3 is 19.9 Å². The van der Waals surface area contributed by atoms with E-state index in [1.54, 1.807) is 30.3 Å². The fourth-order valence-electron chi connectivity index (χ4n) is 4.87. The SMILES string of the molecule is COC(=O)C1=C(C(=O)OC)N(c2ccc(OC3CCCCC3)c(F)c2)C(N)=C(C#N)C1c1ccccc1. The third-order valence-electron chi connectivity index (χ3n) is 6.63. The van der Waals surface area contributed by atoms with Gasteiger partial charge in [-0.2, -0.15) is 5.26 Å². The minimum atomic E-state index is -0.997. The second-order valence-corrected chi connectivity index (χ2v) is 8.83. The van der Waals surface area contributed by atoms with E-state index < -0.39 is 23.7 Å². The van der Waals surface area contributed by atoms with Crippen LogP contribution >= 0.6 is 0 Å². The van der Waals surface area contributed by atoms with Crippen LogP contribution in [-0.4, -0.2) is 32.3 Å². The molecule has 8 nitrogen and oxygen atoms in total. The highest BCUT2D eigenvalue weighted by atomic mass is 19.1. The molecule has 192 valence electrons. The summed E-state index contributed by atoms with van der Waals surface area (Å²) >= 11 is 0. The monoisotopic (exact) mass is 505 g/mol. The van der Waals surface area contributed by atoms with Gasteiger partial charge in [0.2, 0.25) is 0 Å². The lowest BCUT2D eigenvalue weighted by Crippen LogP contribution is -2.40. The van der Waals surface area contributed by atoms with Gasteiger partial charge in [-0.25, -0.2) is 14.0 Å². The average molecular weight is 506 g/mol. The van der Waals surface area contributed by atoms with E-state index in [9.17, 15) is 14.9 Å². The Hall–Kier alpha value is -4.32. The minimum Gasteiger partial charge on any atom is -0.487 e. The molecule has 1 saturated carbocycles. The first-order chi connectivity index (χ1) is 17.9. The number of esters is 2. The summed E-state index contributed by atoms with van der Waals surface area (Å²) in [6, 6.07) is 14.9. The van der Waals surface area contributed by atoms with Crippen molar-refractivity contribution in [2.45, 2.75) is 44.1 Å². The van der Waals surface area contributed by atoms with Crippen molar-refractivity contribution in [3.63, 3.8) is 0 Å². The molecule has 0 saturated heterocycles. The van der Waals surface area contributed by atoms with Crippen LogP contribution in [-0.2, 0) is 19.1 Å². The molecule has 1 unspecified atom stereocenters. The maximum atomic E-state index is 15.2. The highest BCUT2D eigenvalue weighted by Gasteiger charge is 2.43. The van der Waals surface area contributed by atoms with Crippen molar-refractivity contribution in [3.8, 4) is 11.8 Å². The van der Waals surface area contributed by atoms with Crippen LogP contribution < -0.4 is 15.4 Å². The normalized spacial score (nSPS) is 18.3. The van der Waals surface area contributed by atoms with Crippen molar-refractivity contribution < 1.29 is 28.2 Å². The van der Waals surface area contributed by atoms with E-state index in [-0.39, 0.29) is 40.2 Å². The molecule has 1 fully saturated rings. The summed E-state index contributed by atoms with van der Waals surface area (Å²) in [5.41, 5.74) is 6.71. The average Bonchev–Trinajstić information content (AvgIpc) is 2.93.